The zero-order chi connectivity index (χ0) is 11.3. The van der Waals surface area contributed by atoms with Crippen LogP contribution < -0.4 is 4.74 Å². The van der Waals surface area contributed by atoms with Crippen LogP contribution in [0.15, 0.2) is 18.2 Å². The molecule has 0 aliphatic heterocycles. The van der Waals surface area contributed by atoms with Gasteiger partial charge in [-0.3, -0.25) is 0 Å². The molecule has 0 spiro atoms. The number of hydrogen-bond donors (Lipinski definition) is 2. The summed E-state index contributed by atoms with van der Waals surface area (Å²) in [6.07, 6.45) is -0.190. The molecule has 0 radical (unpaired) electrons. The van der Waals surface area contributed by atoms with E-state index in [0.29, 0.717) is 12.4 Å². The van der Waals surface area contributed by atoms with E-state index >= 15 is 0 Å². The molecule has 0 aromatic heterocycles. The summed E-state index contributed by atoms with van der Waals surface area (Å²) in [5.74, 6) is 0.532. The van der Waals surface area contributed by atoms with Crippen LogP contribution in [0.3, 0.4) is 0 Å². The van der Waals surface area contributed by atoms with Crippen molar-refractivity contribution in [3.05, 3.63) is 23.8 Å². The van der Waals surface area contributed by atoms with Crippen molar-refractivity contribution >= 4 is 0 Å². The lowest BCUT2D eigenvalue weighted by atomic mass is 10.2. The van der Waals surface area contributed by atoms with Gasteiger partial charge in [-0.15, -0.1) is 0 Å². The van der Waals surface area contributed by atoms with E-state index in [1.807, 2.05) is 0 Å². The van der Waals surface area contributed by atoms with Gasteiger partial charge in [0.15, 0.2) is 11.5 Å². The monoisotopic (exact) mass is 212 g/mol. The molecule has 0 bridgehead atoms. The summed E-state index contributed by atoms with van der Waals surface area (Å²) in [6.45, 7) is 2.17. The number of rotatable bonds is 5. The van der Waals surface area contributed by atoms with Crippen LogP contribution in [-0.4, -0.2) is 30.0 Å². The number of benzene rings is 1. The minimum Gasteiger partial charge on any atom is -0.504 e. The molecule has 0 aliphatic carbocycles. The van der Waals surface area contributed by atoms with Gasteiger partial charge in [-0.05, 0) is 24.6 Å². The van der Waals surface area contributed by atoms with Gasteiger partial charge < -0.3 is 19.7 Å². The number of ether oxygens (including phenoxy) is 2. The van der Waals surface area contributed by atoms with Crippen molar-refractivity contribution in [1.82, 2.24) is 0 Å². The second-order valence-corrected chi connectivity index (χ2v) is 3.31. The summed E-state index contributed by atoms with van der Waals surface area (Å²) >= 11 is 0. The highest BCUT2D eigenvalue weighted by molar-refractivity contribution is 5.41. The van der Waals surface area contributed by atoms with Crippen LogP contribution >= 0.6 is 0 Å². The second kappa shape index (κ2) is 5.58. The average Bonchev–Trinajstić information content (AvgIpc) is 2.27. The Morgan fingerprint density at radius 1 is 1.40 bits per heavy atom. The quantitative estimate of drug-likeness (QED) is 0.772. The SMILES string of the molecule is COc1cc(COC(C)CO)ccc1O. The Kier molecular flexibility index (Phi) is 4.39. The molecule has 0 amide bonds. The van der Waals surface area contributed by atoms with Crippen LogP contribution in [0, 0.1) is 0 Å². The highest BCUT2D eigenvalue weighted by Gasteiger charge is 2.04. The maximum absolute atomic E-state index is 9.35. The van der Waals surface area contributed by atoms with E-state index in [9.17, 15) is 5.11 Å². The van der Waals surface area contributed by atoms with Crippen molar-refractivity contribution in [1.29, 1.82) is 0 Å². The van der Waals surface area contributed by atoms with E-state index in [0.717, 1.165) is 5.56 Å². The lowest BCUT2D eigenvalue weighted by Gasteiger charge is -2.11. The van der Waals surface area contributed by atoms with Crippen molar-refractivity contribution in [3.8, 4) is 11.5 Å². The normalized spacial score (nSPS) is 12.5. The highest BCUT2D eigenvalue weighted by atomic mass is 16.5. The minimum atomic E-state index is -0.190. The molecule has 1 rings (SSSR count). The van der Waals surface area contributed by atoms with Crippen LogP contribution in [0.1, 0.15) is 12.5 Å². The molecule has 84 valence electrons. The molecule has 0 fully saturated rings. The minimum absolute atomic E-state index is 0.00474. The Morgan fingerprint density at radius 3 is 2.73 bits per heavy atom. The molecule has 4 heteroatoms. The third kappa shape index (κ3) is 3.42. The fraction of sp³-hybridized carbons (Fsp3) is 0.455. The molecule has 0 saturated carbocycles. The second-order valence-electron chi connectivity index (χ2n) is 3.31. The number of methoxy groups -OCH3 is 1. The van der Waals surface area contributed by atoms with Gasteiger partial charge in [0.2, 0.25) is 0 Å². The Hall–Kier alpha value is -1.26. The average molecular weight is 212 g/mol. The van der Waals surface area contributed by atoms with Crippen molar-refractivity contribution in [2.24, 2.45) is 0 Å². The molecular weight excluding hydrogens is 196 g/mol. The standard InChI is InChI=1S/C11H16O4/c1-8(6-12)15-7-9-3-4-10(13)11(5-9)14-2/h3-5,8,12-13H,6-7H2,1-2H3. The Balaban J connectivity index is 2.62. The zero-order valence-corrected chi connectivity index (χ0v) is 8.93. The third-order valence-electron chi connectivity index (χ3n) is 2.04. The lowest BCUT2D eigenvalue weighted by molar-refractivity contribution is 0.0144. The van der Waals surface area contributed by atoms with Crippen LogP contribution in [0.2, 0.25) is 0 Å². The number of hydrogen-bond acceptors (Lipinski definition) is 4. The van der Waals surface area contributed by atoms with Crippen molar-refractivity contribution in [3.63, 3.8) is 0 Å². The van der Waals surface area contributed by atoms with E-state index in [1.54, 1.807) is 25.1 Å². The van der Waals surface area contributed by atoms with Crippen LogP contribution in [0.4, 0.5) is 0 Å². The summed E-state index contributed by atoms with van der Waals surface area (Å²) in [5.41, 5.74) is 0.893. The number of aromatic hydroxyl groups is 1. The largest absolute Gasteiger partial charge is 0.504 e. The van der Waals surface area contributed by atoms with Gasteiger partial charge in [0.1, 0.15) is 0 Å². The maximum atomic E-state index is 9.35. The van der Waals surface area contributed by atoms with Gasteiger partial charge >= 0.3 is 0 Å². The topological polar surface area (TPSA) is 58.9 Å². The summed E-state index contributed by atoms with van der Waals surface area (Å²) in [7, 11) is 1.50. The molecule has 4 nitrogen and oxygen atoms in total. The van der Waals surface area contributed by atoms with Gasteiger partial charge in [0.05, 0.1) is 26.4 Å². The Bertz CT molecular complexity index is 311. The van der Waals surface area contributed by atoms with E-state index in [2.05, 4.69) is 0 Å². The van der Waals surface area contributed by atoms with E-state index in [1.165, 1.54) is 7.11 Å². The van der Waals surface area contributed by atoms with Crippen LogP contribution in [0.5, 0.6) is 11.5 Å². The summed E-state index contributed by atoms with van der Waals surface area (Å²) in [6, 6.07) is 5.02. The Morgan fingerprint density at radius 2 is 2.13 bits per heavy atom. The number of phenols is 1. The Labute approximate surface area is 89.1 Å². The fourth-order valence-corrected chi connectivity index (χ4v) is 1.10. The molecule has 15 heavy (non-hydrogen) atoms. The summed E-state index contributed by atoms with van der Waals surface area (Å²) < 4.78 is 10.3. The van der Waals surface area contributed by atoms with Gasteiger partial charge in [-0.2, -0.15) is 0 Å². The summed E-state index contributed by atoms with van der Waals surface area (Å²) in [4.78, 5) is 0. The van der Waals surface area contributed by atoms with E-state index < -0.39 is 0 Å². The highest BCUT2D eigenvalue weighted by Crippen LogP contribution is 2.26. The smallest absolute Gasteiger partial charge is 0.160 e. The van der Waals surface area contributed by atoms with Crippen molar-refractivity contribution in [2.45, 2.75) is 19.6 Å². The molecule has 1 aromatic carbocycles. The number of phenolic OH excluding ortho intramolecular Hbond substituents is 1. The van der Waals surface area contributed by atoms with Gasteiger partial charge in [0, 0.05) is 0 Å². The van der Waals surface area contributed by atoms with Crippen molar-refractivity contribution < 1.29 is 19.7 Å². The number of aliphatic hydroxyl groups excluding tert-OH is 1. The van der Waals surface area contributed by atoms with Crippen molar-refractivity contribution in [2.75, 3.05) is 13.7 Å². The van der Waals surface area contributed by atoms with Gasteiger partial charge in [0.25, 0.3) is 0 Å². The van der Waals surface area contributed by atoms with E-state index in [-0.39, 0.29) is 18.5 Å². The van der Waals surface area contributed by atoms with Crippen LogP contribution in [-0.2, 0) is 11.3 Å². The summed E-state index contributed by atoms with van der Waals surface area (Å²) in [5, 5.41) is 18.1. The molecule has 0 heterocycles. The van der Waals surface area contributed by atoms with Crippen LogP contribution in [0.25, 0.3) is 0 Å². The first-order chi connectivity index (χ1) is 7.17. The fourth-order valence-electron chi connectivity index (χ4n) is 1.10. The molecule has 1 atom stereocenters. The predicted molar refractivity (Wildman–Crippen MR) is 56.0 cm³/mol. The first kappa shape index (κ1) is 11.8. The lowest BCUT2D eigenvalue weighted by Crippen LogP contribution is -2.12. The molecular formula is C11H16O4. The first-order valence-electron chi connectivity index (χ1n) is 4.75. The third-order valence-corrected chi connectivity index (χ3v) is 2.04. The number of aliphatic hydroxyl groups is 1. The van der Waals surface area contributed by atoms with Gasteiger partial charge in [-0.1, -0.05) is 6.07 Å². The molecule has 1 aromatic rings. The van der Waals surface area contributed by atoms with Gasteiger partial charge in [-0.25, -0.2) is 0 Å². The molecule has 0 aliphatic rings. The first-order valence-corrected chi connectivity index (χ1v) is 4.75. The molecule has 0 saturated heterocycles. The predicted octanol–water partition coefficient (Wildman–Crippen LogP) is 1.30. The van der Waals surface area contributed by atoms with E-state index in [4.69, 9.17) is 14.6 Å². The molecule has 2 N–H and O–H groups in total. The molecule has 1 unspecified atom stereocenters. The zero-order valence-electron chi connectivity index (χ0n) is 8.93. The maximum Gasteiger partial charge on any atom is 0.160 e.